The quantitative estimate of drug-likeness (QED) is 0.383. The number of benzene rings is 1. The Bertz CT molecular complexity index is 1170. The van der Waals surface area contributed by atoms with Gasteiger partial charge in [0.2, 0.25) is 0 Å². The van der Waals surface area contributed by atoms with Crippen LogP contribution >= 0.6 is 22.6 Å². The Balaban J connectivity index is 1.45. The fraction of sp³-hybridized carbons (Fsp3) is 0.409. The van der Waals surface area contributed by atoms with Crippen molar-refractivity contribution in [2.24, 2.45) is 0 Å². The first kappa shape index (κ1) is 21.6. The molecule has 2 aromatic heterocycles. The van der Waals surface area contributed by atoms with Crippen molar-refractivity contribution >= 4 is 39.9 Å². The molecule has 168 valence electrons. The van der Waals surface area contributed by atoms with Gasteiger partial charge in [-0.25, -0.2) is 14.3 Å². The third kappa shape index (κ3) is 3.85. The summed E-state index contributed by atoms with van der Waals surface area (Å²) in [5, 5.41) is 7.81. The predicted octanol–water partition coefficient (Wildman–Crippen LogP) is 3.08. The summed E-state index contributed by atoms with van der Waals surface area (Å²) in [5.74, 6) is -0.613. The molecule has 2 aliphatic rings. The van der Waals surface area contributed by atoms with Gasteiger partial charge in [0, 0.05) is 10.1 Å². The topological polar surface area (TPSA) is 96.2 Å². The summed E-state index contributed by atoms with van der Waals surface area (Å²) in [4.78, 5) is 16.7. The first-order chi connectivity index (χ1) is 15.4. The molecule has 1 aromatic carbocycles. The van der Waals surface area contributed by atoms with E-state index in [1.54, 1.807) is 4.52 Å². The molecular weight excluding hydrogens is 527 g/mol. The molecule has 1 N–H and O–H groups in total. The van der Waals surface area contributed by atoms with Gasteiger partial charge in [0.25, 0.3) is 0 Å². The van der Waals surface area contributed by atoms with Crippen LogP contribution in [-0.4, -0.2) is 51.8 Å². The Morgan fingerprint density at radius 3 is 2.84 bits per heavy atom. The fourth-order valence-corrected chi connectivity index (χ4v) is 4.89. The lowest BCUT2D eigenvalue weighted by molar-refractivity contribution is -0.196. The standard InChI is InChI=1S/C22H23IN4O5/c1-22(2)31-17-16(30-19(18(17)32-22)21(28)29-3)14-7-8-15-20(25-11-26-27(14)15)24-10-12-5-4-6-13(23)9-12/h4-9,11,16-19H,10H2,1-3H3,(H,24,25,26)/t16-,17-,18-,19-/m0/s1. The van der Waals surface area contributed by atoms with Gasteiger partial charge in [-0.3, -0.25) is 0 Å². The Morgan fingerprint density at radius 1 is 1.25 bits per heavy atom. The number of rotatable bonds is 5. The Hall–Kier alpha value is -2.28. The molecule has 0 amide bonds. The average Bonchev–Trinajstić information content (AvgIpc) is 3.42. The number of hydrogen-bond acceptors (Lipinski definition) is 8. The number of nitrogens with one attached hydrogen (secondary N) is 1. The SMILES string of the molecule is COC(=O)[C@H]1O[C@@H](c2ccc3c(NCc4cccc(I)c4)ncnn23)[C@@H]2OC(C)(C)O[C@@H]21. The number of anilines is 1. The molecule has 4 atom stereocenters. The van der Waals surface area contributed by atoms with Crippen molar-refractivity contribution in [2.45, 2.75) is 50.6 Å². The molecule has 0 saturated carbocycles. The number of halogens is 1. The normalized spacial score (nSPS) is 26.2. The predicted molar refractivity (Wildman–Crippen MR) is 123 cm³/mol. The van der Waals surface area contributed by atoms with Crippen LogP contribution in [0.3, 0.4) is 0 Å². The van der Waals surface area contributed by atoms with E-state index in [-0.39, 0.29) is 0 Å². The summed E-state index contributed by atoms with van der Waals surface area (Å²) >= 11 is 2.30. The van der Waals surface area contributed by atoms with Gasteiger partial charge in [-0.1, -0.05) is 12.1 Å². The Kier molecular flexibility index (Phi) is 5.56. The van der Waals surface area contributed by atoms with Gasteiger partial charge >= 0.3 is 5.97 Å². The number of aromatic nitrogens is 3. The zero-order valence-electron chi connectivity index (χ0n) is 17.8. The molecule has 9 nitrogen and oxygen atoms in total. The number of hydrogen-bond donors (Lipinski definition) is 1. The number of carbonyl (C=O) groups is 1. The van der Waals surface area contributed by atoms with Gasteiger partial charge < -0.3 is 24.3 Å². The number of fused-ring (bicyclic) bond motifs is 2. The van der Waals surface area contributed by atoms with Crippen LogP contribution in [0.15, 0.2) is 42.7 Å². The van der Waals surface area contributed by atoms with Crippen LogP contribution in [0.2, 0.25) is 0 Å². The molecule has 2 fully saturated rings. The lowest BCUT2D eigenvalue weighted by Crippen LogP contribution is -2.36. The largest absolute Gasteiger partial charge is 0.467 e. The second-order valence-electron chi connectivity index (χ2n) is 8.21. The highest BCUT2D eigenvalue weighted by atomic mass is 127. The van der Waals surface area contributed by atoms with Crippen molar-refractivity contribution in [1.29, 1.82) is 0 Å². The summed E-state index contributed by atoms with van der Waals surface area (Å²) < 4.78 is 26.0. The number of nitrogens with zero attached hydrogens (tertiary/aromatic N) is 3. The van der Waals surface area contributed by atoms with E-state index in [4.69, 9.17) is 18.9 Å². The number of methoxy groups -OCH3 is 1. The molecule has 0 bridgehead atoms. The first-order valence-corrected chi connectivity index (χ1v) is 11.3. The molecule has 0 unspecified atom stereocenters. The molecule has 32 heavy (non-hydrogen) atoms. The third-order valence-electron chi connectivity index (χ3n) is 5.61. The summed E-state index contributed by atoms with van der Waals surface area (Å²) in [6.07, 6.45) is -0.958. The van der Waals surface area contributed by atoms with Gasteiger partial charge in [0.1, 0.15) is 30.2 Å². The molecule has 5 rings (SSSR count). The molecule has 2 saturated heterocycles. The van der Waals surface area contributed by atoms with E-state index in [0.29, 0.717) is 12.4 Å². The lowest BCUT2D eigenvalue weighted by Gasteiger charge is -2.23. The van der Waals surface area contributed by atoms with Crippen LogP contribution < -0.4 is 5.32 Å². The number of ether oxygens (including phenoxy) is 4. The van der Waals surface area contributed by atoms with Crippen LogP contribution in [0.4, 0.5) is 5.82 Å². The van der Waals surface area contributed by atoms with E-state index in [0.717, 1.165) is 16.8 Å². The number of esters is 1. The molecule has 10 heteroatoms. The van der Waals surface area contributed by atoms with E-state index >= 15 is 0 Å². The molecular formula is C22H23IN4O5. The van der Waals surface area contributed by atoms with Crippen LogP contribution in [0.25, 0.3) is 5.52 Å². The molecule has 2 aliphatic heterocycles. The smallest absolute Gasteiger partial charge is 0.337 e. The minimum atomic E-state index is -0.873. The maximum atomic E-state index is 12.3. The van der Waals surface area contributed by atoms with Crippen molar-refractivity contribution in [1.82, 2.24) is 14.6 Å². The van der Waals surface area contributed by atoms with Gasteiger partial charge in [0.05, 0.1) is 12.8 Å². The molecule has 3 aromatic rings. The Labute approximate surface area is 198 Å². The summed E-state index contributed by atoms with van der Waals surface area (Å²) in [6, 6.07) is 12.1. The molecule has 4 heterocycles. The monoisotopic (exact) mass is 550 g/mol. The van der Waals surface area contributed by atoms with Crippen molar-refractivity contribution in [2.75, 3.05) is 12.4 Å². The minimum Gasteiger partial charge on any atom is -0.467 e. The highest BCUT2D eigenvalue weighted by molar-refractivity contribution is 14.1. The van der Waals surface area contributed by atoms with E-state index in [2.05, 4.69) is 56.2 Å². The maximum Gasteiger partial charge on any atom is 0.337 e. The van der Waals surface area contributed by atoms with Crippen LogP contribution in [0, 0.1) is 3.57 Å². The van der Waals surface area contributed by atoms with Gasteiger partial charge in [-0.05, 0) is 66.3 Å². The third-order valence-corrected chi connectivity index (χ3v) is 6.28. The highest BCUT2D eigenvalue weighted by Crippen LogP contribution is 2.45. The fourth-order valence-electron chi connectivity index (χ4n) is 4.28. The van der Waals surface area contributed by atoms with Crippen molar-refractivity contribution in [3.8, 4) is 0 Å². The Morgan fingerprint density at radius 2 is 2.06 bits per heavy atom. The van der Waals surface area contributed by atoms with Crippen molar-refractivity contribution in [3.63, 3.8) is 0 Å². The molecule has 0 aliphatic carbocycles. The zero-order valence-corrected chi connectivity index (χ0v) is 20.0. The highest BCUT2D eigenvalue weighted by Gasteiger charge is 2.58. The van der Waals surface area contributed by atoms with Crippen molar-refractivity contribution in [3.05, 3.63) is 57.6 Å². The van der Waals surface area contributed by atoms with Gasteiger partial charge in [-0.2, -0.15) is 5.10 Å². The van der Waals surface area contributed by atoms with Gasteiger partial charge in [0.15, 0.2) is 17.7 Å². The van der Waals surface area contributed by atoms with E-state index < -0.39 is 36.2 Å². The molecule has 0 spiro atoms. The zero-order chi connectivity index (χ0) is 22.5. The van der Waals surface area contributed by atoms with Crippen LogP contribution in [0.5, 0.6) is 0 Å². The summed E-state index contributed by atoms with van der Waals surface area (Å²) in [7, 11) is 1.33. The van der Waals surface area contributed by atoms with E-state index in [1.807, 2.05) is 32.0 Å². The summed E-state index contributed by atoms with van der Waals surface area (Å²) in [6.45, 7) is 4.27. The second kappa shape index (κ2) is 8.25. The van der Waals surface area contributed by atoms with Crippen LogP contribution in [-0.2, 0) is 30.3 Å². The maximum absolute atomic E-state index is 12.3. The van der Waals surface area contributed by atoms with Crippen molar-refractivity contribution < 1.29 is 23.7 Å². The lowest BCUT2D eigenvalue weighted by atomic mass is 10.1. The average molecular weight is 550 g/mol. The molecule has 0 radical (unpaired) electrons. The number of carbonyl (C=O) groups excluding carboxylic acids is 1. The van der Waals surface area contributed by atoms with Crippen LogP contribution in [0.1, 0.15) is 31.2 Å². The first-order valence-electron chi connectivity index (χ1n) is 10.3. The van der Waals surface area contributed by atoms with E-state index in [1.165, 1.54) is 17.0 Å². The minimum absolute atomic E-state index is 0.468. The summed E-state index contributed by atoms with van der Waals surface area (Å²) in [5.41, 5.74) is 2.71. The van der Waals surface area contributed by atoms with Gasteiger partial charge in [-0.15, -0.1) is 0 Å². The second-order valence-corrected chi connectivity index (χ2v) is 9.46. The van der Waals surface area contributed by atoms with E-state index in [9.17, 15) is 4.79 Å².